The summed E-state index contributed by atoms with van der Waals surface area (Å²) in [6.07, 6.45) is 3.20. The van der Waals surface area contributed by atoms with Gasteiger partial charge in [0, 0.05) is 23.8 Å². The first-order valence-electron chi connectivity index (χ1n) is 8.86. The number of hydrogen-bond acceptors (Lipinski definition) is 5. The first-order valence-corrected chi connectivity index (χ1v) is 9.68. The number of H-pyrrole nitrogens is 1. The minimum absolute atomic E-state index is 0.0372. The van der Waals surface area contributed by atoms with Gasteiger partial charge < -0.3 is 15.4 Å². The molecule has 7 nitrogen and oxygen atoms in total. The van der Waals surface area contributed by atoms with Crippen LogP contribution in [0.1, 0.15) is 48.4 Å². The molecule has 140 valence electrons. The number of aromatic amines is 1. The summed E-state index contributed by atoms with van der Waals surface area (Å²) in [5.74, 6) is -0.611. The number of aliphatic carboxylic acids is 1. The number of aryl methyl sites for hydroxylation is 3. The minimum atomic E-state index is -0.751. The molecule has 8 heteroatoms. The van der Waals surface area contributed by atoms with Crippen LogP contribution in [-0.2, 0) is 16.0 Å². The summed E-state index contributed by atoms with van der Waals surface area (Å²) in [4.78, 5) is 44.4. The normalized spacial score (nSPS) is 20.2. The van der Waals surface area contributed by atoms with E-state index in [1.165, 1.54) is 11.3 Å². The van der Waals surface area contributed by atoms with Gasteiger partial charge in [-0.25, -0.2) is 4.98 Å². The number of rotatable bonds is 5. The van der Waals surface area contributed by atoms with Gasteiger partial charge in [-0.15, -0.1) is 11.3 Å². The van der Waals surface area contributed by atoms with Crippen molar-refractivity contribution in [3.05, 3.63) is 26.6 Å². The first-order chi connectivity index (χ1) is 12.3. The third-order valence-corrected chi connectivity index (χ3v) is 6.22. The van der Waals surface area contributed by atoms with Crippen LogP contribution in [0.15, 0.2) is 4.79 Å². The van der Waals surface area contributed by atoms with Crippen molar-refractivity contribution in [1.29, 1.82) is 0 Å². The van der Waals surface area contributed by atoms with E-state index < -0.39 is 5.97 Å². The van der Waals surface area contributed by atoms with Crippen LogP contribution in [0.4, 0.5) is 0 Å². The number of amides is 1. The van der Waals surface area contributed by atoms with Crippen LogP contribution in [0.5, 0.6) is 0 Å². The zero-order valence-electron chi connectivity index (χ0n) is 14.9. The van der Waals surface area contributed by atoms with E-state index in [-0.39, 0.29) is 29.8 Å². The third-order valence-electron chi connectivity index (χ3n) is 5.12. The van der Waals surface area contributed by atoms with Crippen molar-refractivity contribution in [3.8, 4) is 0 Å². The summed E-state index contributed by atoms with van der Waals surface area (Å²) < 4.78 is 0. The minimum Gasteiger partial charge on any atom is -0.481 e. The van der Waals surface area contributed by atoms with Crippen molar-refractivity contribution in [2.75, 3.05) is 0 Å². The molecular weight excluding hydrogens is 354 g/mol. The lowest BCUT2D eigenvalue weighted by atomic mass is 9.86. The van der Waals surface area contributed by atoms with E-state index in [1.54, 1.807) is 0 Å². The monoisotopic (exact) mass is 377 g/mol. The van der Waals surface area contributed by atoms with Gasteiger partial charge in [0.15, 0.2) is 0 Å². The topological polar surface area (TPSA) is 112 Å². The van der Waals surface area contributed by atoms with Gasteiger partial charge in [-0.1, -0.05) is 0 Å². The van der Waals surface area contributed by atoms with Crippen molar-refractivity contribution in [1.82, 2.24) is 15.3 Å². The molecule has 1 aliphatic rings. The van der Waals surface area contributed by atoms with Crippen molar-refractivity contribution in [2.24, 2.45) is 5.92 Å². The molecule has 3 N–H and O–H groups in total. The highest BCUT2D eigenvalue weighted by atomic mass is 32.1. The van der Waals surface area contributed by atoms with E-state index in [9.17, 15) is 14.4 Å². The molecule has 3 rings (SSSR count). The maximum atomic E-state index is 12.2. The fourth-order valence-corrected chi connectivity index (χ4v) is 4.48. The largest absolute Gasteiger partial charge is 0.481 e. The third kappa shape index (κ3) is 3.95. The number of hydrogen-bond donors (Lipinski definition) is 3. The summed E-state index contributed by atoms with van der Waals surface area (Å²) in [6, 6.07) is 0.0372. The van der Waals surface area contributed by atoms with Crippen LogP contribution in [0.2, 0.25) is 0 Å². The molecule has 0 atom stereocenters. The Labute approximate surface area is 154 Å². The van der Waals surface area contributed by atoms with Gasteiger partial charge in [0.1, 0.15) is 10.7 Å². The van der Waals surface area contributed by atoms with E-state index in [0.717, 1.165) is 10.4 Å². The van der Waals surface area contributed by atoms with Crippen molar-refractivity contribution in [3.63, 3.8) is 0 Å². The molecule has 0 aliphatic heterocycles. The summed E-state index contributed by atoms with van der Waals surface area (Å²) in [7, 11) is 0. The van der Waals surface area contributed by atoms with E-state index in [1.807, 2.05) is 13.8 Å². The molecule has 1 fully saturated rings. The lowest BCUT2D eigenvalue weighted by Gasteiger charge is -2.26. The van der Waals surface area contributed by atoms with Crippen LogP contribution in [0.25, 0.3) is 10.2 Å². The Hall–Kier alpha value is -2.22. The van der Waals surface area contributed by atoms with Crippen molar-refractivity contribution in [2.45, 2.75) is 58.4 Å². The summed E-state index contributed by atoms with van der Waals surface area (Å²) in [5.41, 5.74) is 0.805. The second kappa shape index (κ2) is 7.57. The van der Waals surface area contributed by atoms with E-state index in [0.29, 0.717) is 48.1 Å². The smallest absolute Gasteiger partial charge is 0.306 e. The van der Waals surface area contributed by atoms with Crippen LogP contribution in [0, 0.1) is 19.8 Å². The zero-order chi connectivity index (χ0) is 18.8. The second-order valence-corrected chi connectivity index (χ2v) is 8.13. The lowest BCUT2D eigenvalue weighted by Crippen LogP contribution is -2.38. The Bertz CT molecular complexity index is 894. The number of nitrogens with one attached hydrogen (secondary N) is 2. The van der Waals surface area contributed by atoms with Gasteiger partial charge in [-0.3, -0.25) is 14.4 Å². The molecule has 2 heterocycles. The van der Waals surface area contributed by atoms with Gasteiger partial charge in [0.05, 0.1) is 11.3 Å². The molecule has 2 aromatic heterocycles. The molecule has 0 unspecified atom stereocenters. The number of fused-ring (bicyclic) bond motifs is 1. The fourth-order valence-electron chi connectivity index (χ4n) is 3.43. The number of carboxylic acid groups (broad SMARTS) is 1. The summed E-state index contributed by atoms with van der Waals surface area (Å²) in [6.45, 7) is 3.88. The highest BCUT2D eigenvalue weighted by Gasteiger charge is 2.26. The number of carboxylic acids is 1. The number of aromatic nitrogens is 2. The summed E-state index contributed by atoms with van der Waals surface area (Å²) in [5, 5.41) is 12.6. The number of carbonyl (C=O) groups is 2. The first kappa shape index (κ1) is 18.6. The lowest BCUT2D eigenvalue weighted by molar-refractivity contribution is -0.142. The SMILES string of the molecule is Cc1sc2nc(CCC(=O)NC3CCC(C(=O)O)CC3)[nH]c(=O)c2c1C. The van der Waals surface area contributed by atoms with E-state index in [4.69, 9.17) is 5.11 Å². The van der Waals surface area contributed by atoms with E-state index in [2.05, 4.69) is 15.3 Å². The molecule has 0 radical (unpaired) electrons. The fraction of sp³-hybridized carbons (Fsp3) is 0.556. The molecule has 0 spiro atoms. The molecule has 0 bridgehead atoms. The quantitative estimate of drug-likeness (QED) is 0.740. The van der Waals surface area contributed by atoms with Crippen LogP contribution >= 0.6 is 11.3 Å². The van der Waals surface area contributed by atoms with Gasteiger partial charge in [0.25, 0.3) is 5.56 Å². The summed E-state index contributed by atoms with van der Waals surface area (Å²) >= 11 is 1.49. The van der Waals surface area contributed by atoms with Crippen LogP contribution in [0.3, 0.4) is 0 Å². The zero-order valence-corrected chi connectivity index (χ0v) is 15.7. The highest BCUT2D eigenvalue weighted by Crippen LogP contribution is 2.26. The molecule has 0 saturated heterocycles. The van der Waals surface area contributed by atoms with Crippen molar-refractivity contribution >= 4 is 33.4 Å². The molecule has 0 aromatic carbocycles. The molecule has 1 aliphatic carbocycles. The van der Waals surface area contributed by atoms with Gasteiger partial charge in [-0.05, 0) is 45.1 Å². The predicted octanol–water partition coefficient (Wildman–Crippen LogP) is 2.29. The maximum absolute atomic E-state index is 12.2. The van der Waals surface area contributed by atoms with Gasteiger partial charge >= 0.3 is 5.97 Å². The number of thiophene rings is 1. The average Bonchev–Trinajstić information content (AvgIpc) is 2.88. The molecular formula is C18H23N3O4S. The Morgan fingerprint density at radius 3 is 2.62 bits per heavy atom. The van der Waals surface area contributed by atoms with Gasteiger partial charge in [0.2, 0.25) is 5.91 Å². The average molecular weight is 377 g/mol. The Morgan fingerprint density at radius 1 is 1.27 bits per heavy atom. The molecule has 2 aromatic rings. The van der Waals surface area contributed by atoms with Crippen molar-refractivity contribution < 1.29 is 14.7 Å². The van der Waals surface area contributed by atoms with Crippen LogP contribution in [-0.4, -0.2) is 33.0 Å². The predicted molar refractivity (Wildman–Crippen MR) is 99.6 cm³/mol. The standard InChI is InChI=1S/C18H23N3O4S/c1-9-10(2)26-17-15(9)16(23)20-13(21-17)7-8-14(22)19-12-5-3-11(4-6-12)18(24)25/h11-12H,3-8H2,1-2H3,(H,19,22)(H,24,25)(H,20,21,23). The molecule has 1 amide bonds. The molecule has 26 heavy (non-hydrogen) atoms. The van der Waals surface area contributed by atoms with E-state index >= 15 is 0 Å². The number of carbonyl (C=O) groups excluding carboxylic acids is 1. The van der Waals surface area contributed by atoms with Crippen LogP contribution < -0.4 is 10.9 Å². The highest BCUT2D eigenvalue weighted by molar-refractivity contribution is 7.18. The van der Waals surface area contributed by atoms with Gasteiger partial charge in [-0.2, -0.15) is 0 Å². The Morgan fingerprint density at radius 2 is 1.96 bits per heavy atom. The number of nitrogens with zero attached hydrogens (tertiary/aromatic N) is 1. The second-order valence-electron chi connectivity index (χ2n) is 6.93. The molecule has 1 saturated carbocycles. The maximum Gasteiger partial charge on any atom is 0.306 e. The Kier molecular flexibility index (Phi) is 5.41. The Balaban J connectivity index is 1.56.